The number of anilines is 2. The molecule has 0 saturated heterocycles. The number of nitriles is 1. The Morgan fingerprint density at radius 2 is 1.82 bits per heavy atom. The van der Waals surface area contributed by atoms with Gasteiger partial charge in [-0.2, -0.15) is 18.4 Å². The first-order valence-corrected chi connectivity index (χ1v) is 10.6. The van der Waals surface area contributed by atoms with Gasteiger partial charge in [0.15, 0.2) is 6.61 Å². The number of carbonyl (C=O) groups is 2. The van der Waals surface area contributed by atoms with Gasteiger partial charge in [0, 0.05) is 16.1 Å². The van der Waals surface area contributed by atoms with E-state index >= 15 is 0 Å². The predicted molar refractivity (Wildman–Crippen MR) is 118 cm³/mol. The van der Waals surface area contributed by atoms with Crippen molar-refractivity contribution in [1.29, 1.82) is 5.26 Å². The molecule has 0 radical (unpaired) electrons. The molecule has 0 aliphatic carbocycles. The number of nitrogens with zero attached hydrogens (tertiary/aromatic N) is 1. The van der Waals surface area contributed by atoms with Gasteiger partial charge in [0.1, 0.15) is 16.8 Å². The zero-order chi connectivity index (χ0) is 24.0. The van der Waals surface area contributed by atoms with Crippen molar-refractivity contribution in [1.82, 2.24) is 0 Å². The van der Waals surface area contributed by atoms with Crippen LogP contribution in [0.15, 0.2) is 54.6 Å². The molecule has 1 heterocycles. The molecule has 2 amide bonds. The summed E-state index contributed by atoms with van der Waals surface area (Å²) in [7, 11) is 0. The molecule has 0 fully saturated rings. The third-order valence-corrected chi connectivity index (χ3v) is 5.63. The summed E-state index contributed by atoms with van der Waals surface area (Å²) in [6.07, 6.45) is -3.76. The summed E-state index contributed by atoms with van der Waals surface area (Å²) in [5, 5.41) is 14.7. The van der Waals surface area contributed by atoms with E-state index in [4.69, 9.17) is 4.74 Å². The van der Waals surface area contributed by atoms with Crippen LogP contribution in [0.4, 0.5) is 23.9 Å². The zero-order valence-electron chi connectivity index (χ0n) is 17.3. The highest BCUT2D eigenvalue weighted by Crippen LogP contribution is 2.31. The Labute approximate surface area is 191 Å². The van der Waals surface area contributed by atoms with Crippen LogP contribution in [-0.4, -0.2) is 18.4 Å². The molecule has 33 heavy (non-hydrogen) atoms. The average Bonchev–Trinajstić information content (AvgIpc) is 3.19. The van der Waals surface area contributed by atoms with Gasteiger partial charge in [0.05, 0.1) is 11.1 Å². The molecule has 6 nitrogen and oxygen atoms in total. The molecule has 10 heteroatoms. The van der Waals surface area contributed by atoms with Crippen LogP contribution in [0.2, 0.25) is 0 Å². The molecule has 2 N–H and O–H groups in total. The fraction of sp³-hybridized carbons (Fsp3) is 0.174. The van der Waals surface area contributed by atoms with Crippen molar-refractivity contribution in [2.45, 2.75) is 19.5 Å². The number of benzene rings is 2. The van der Waals surface area contributed by atoms with Crippen molar-refractivity contribution in [3.05, 3.63) is 76.2 Å². The number of hydrogen-bond donors (Lipinski definition) is 2. The van der Waals surface area contributed by atoms with Crippen molar-refractivity contribution < 1.29 is 27.5 Å². The summed E-state index contributed by atoms with van der Waals surface area (Å²) in [5.74, 6) is -0.734. The molecule has 0 aliphatic heterocycles. The first-order valence-electron chi connectivity index (χ1n) is 9.73. The highest BCUT2D eigenvalue weighted by molar-refractivity contribution is 7.16. The standard InChI is InChI=1S/C23H18F3N3O3S/c1-2-19-10-15(12-27)22(33-19)29-21(31)14-6-8-18(9-7-14)32-13-20(30)28-17-5-3-4-16(11-17)23(24,25)26/h3-11H,2,13H2,1H3,(H,28,30)(H,29,31). The number of halogens is 3. The summed E-state index contributed by atoms with van der Waals surface area (Å²) >= 11 is 1.34. The number of alkyl halides is 3. The van der Waals surface area contributed by atoms with Gasteiger partial charge < -0.3 is 15.4 Å². The minimum absolute atomic E-state index is 0.00184. The molecule has 0 atom stereocenters. The number of aryl methyl sites for hydroxylation is 1. The van der Waals surface area contributed by atoms with Crippen molar-refractivity contribution in [2.24, 2.45) is 0 Å². The SMILES string of the molecule is CCc1cc(C#N)c(NC(=O)c2ccc(OCC(=O)Nc3cccc(C(F)(F)F)c3)cc2)s1. The Hall–Kier alpha value is -3.84. The van der Waals surface area contributed by atoms with E-state index in [1.807, 2.05) is 6.92 Å². The van der Waals surface area contributed by atoms with Gasteiger partial charge in [-0.05, 0) is 55.0 Å². The van der Waals surface area contributed by atoms with Crippen LogP contribution in [0, 0.1) is 11.3 Å². The summed E-state index contributed by atoms with van der Waals surface area (Å²) < 4.78 is 43.6. The second-order valence-corrected chi connectivity index (χ2v) is 7.95. The average molecular weight is 473 g/mol. The molecule has 0 bridgehead atoms. The van der Waals surface area contributed by atoms with Crippen LogP contribution < -0.4 is 15.4 Å². The lowest BCUT2D eigenvalue weighted by molar-refractivity contribution is -0.137. The minimum Gasteiger partial charge on any atom is -0.484 e. The Morgan fingerprint density at radius 1 is 1.09 bits per heavy atom. The maximum absolute atomic E-state index is 12.8. The predicted octanol–water partition coefficient (Wildman–Crippen LogP) is 5.47. The maximum atomic E-state index is 12.8. The van der Waals surface area contributed by atoms with E-state index in [1.54, 1.807) is 6.07 Å². The highest BCUT2D eigenvalue weighted by atomic mass is 32.1. The number of nitrogens with one attached hydrogen (secondary N) is 2. The number of amides is 2. The van der Waals surface area contributed by atoms with Gasteiger partial charge in [0.25, 0.3) is 11.8 Å². The van der Waals surface area contributed by atoms with Gasteiger partial charge in [-0.15, -0.1) is 11.3 Å². The van der Waals surface area contributed by atoms with E-state index in [2.05, 4.69) is 16.7 Å². The highest BCUT2D eigenvalue weighted by Gasteiger charge is 2.30. The van der Waals surface area contributed by atoms with Crippen LogP contribution >= 0.6 is 11.3 Å². The van der Waals surface area contributed by atoms with Gasteiger partial charge >= 0.3 is 6.18 Å². The lowest BCUT2D eigenvalue weighted by Crippen LogP contribution is -2.20. The minimum atomic E-state index is -4.51. The first kappa shape index (κ1) is 23.8. The van der Waals surface area contributed by atoms with Crippen molar-refractivity contribution in [2.75, 3.05) is 17.2 Å². The fourth-order valence-corrected chi connectivity index (χ4v) is 3.73. The molecule has 0 aliphatic rings. The number of rotatable bonds is 7. The molecule has 0 spiro atoms. The topological polar surface area (TPSA) is 91.2 Å². The molecule has 1 aromatic heterocycles. The number of carbonyl (C=O) groups excluding carboxylic acids is 2. The molecular formula is C23H18F3N3O3S. The Morgan fingerprint density at radius 3 is 2.45 bits per heavy atom. The summed E-state index contributed by atoms with van der Waals surface area (Å²) in [6, 6.07) is 14.0. The number of thiophene rings is 1. The quantitative estimate of drug-likeness (QED) is 0.476. The summed E-state index contributed by atoms with van der Waals surface area (Å²) in [5.41, 5.74) is -0.143. The van der Waals surface area contributed by atoms with Crippen LogP contribution in [0.5, 0.6) is 5.75 Å². The third kappa shape index (κ3) is 6.33. The zero-order valence-corrected chi connectivity index (χ0v) is 18.1. The first-order chi connectivity index (χ1) is 15.7. The molecule has 2 aromatic carbocycles. The van der Waals surface area contributed by atoms with Gasteiger partial charge in [-0.3, -0.25) is 9.59 Å². The van der Waals surface area contributed by atoms with E-state index in [0.29, 0.717) is 21.9 Å². The lowest BCUT2D eigenvalue weighted by Gasteiger charge is -2.11. The van der Waals surface area contributed by atoms with E-state index < -0.39 is 30.2 Å². The van der Waals surface area contributed by atoms with Crippen molar-refractivity contribution in [3.63, 3.8) is 0 Å². The van der Waals surface area contributed by atoms with Crippen LogP contribution in [0.25, 0.3) is 0 Å². The molecule has 3 aromatic rings. The number of ether oxygens (including phenoxy) is 1. The van der Waals surface area contributed by atoms with Gasteiger partial charge in [-0.1, -0.05) is 13.0 Å². The number of hydrogen-bond acceptors (Lipinski definition) is 5. The normalized spacial score (nSPS) is 10.9. The summed E-state index contributed by atoms with van der Waals surface area (Å²) in [6.45, 7) is 1.53. The molecule has 3 rings (SSSR count). The second kappa shape index (κ2) is 10.2. The van der Waals surface area contributed by atoms with E-state index in [9.17, 15) is 28.0 Å². The molecule has 0 unspecified atom stereocenters. The van der Waals surface area contributed by atoms with Gasteiger partial charge in [-0.25, -0.2) is 0 Å². The summed E-state index contributed by atoms with van der Waals surface area (Å²) in [4.78, 5) is 25.4. The van der Waals surface area contributed by atoms with Crippen LogP contribution in [0.1, 0.15) is 33.3 Å². The molecular weight excluding hydrogens is 455 g/mol. The smallest absolute Gasteiger partial charge is 0.416 e. The largest absolute Gasteiger partial charge is 0.484 e. The van der Waals surface area contributed by atoms with Crippen molar-refractivity contribution >= 4 is 33.8 Å². The fourth-order valence-electron chi connectivity index (χ4n) is 2.79. The van der Waals surface area contributed by atoms with E-state index in [1.165, 1.54) is 47.7 Å². The van der Waals surface area contributed by atoms with Gasteiger partial charge in [0.2, 0.25) is 0 Å². The van der Waals surface area contributed by atoms with E-state index in [-0.39, 0.29) is 5.69 Å². The Balaban J connectivity index is 1.55. The monoisotopic (exact) mass is 473 g/mol. The maximum Gasteiger partial charge on any atom is 0.416 e. The Bertz CT molecular complexity index is 1200. The second-order valence-electron chi connectivity index (χ2n) is 6.81. The van der Waals surface area contributed by atoms with Crippen molar-refractivity contribution in [3.8, 4) is 11.8 Å². The van der Waals surface area contributed by atoms with Crippen LogP contribution in [0.3, 0.4) is 0 Å². The molecule has 170 valence electrons. The van der Waals surface area contributed by atoms with E-state index in [0.717, 1.165) is 23.4 Å². The van der Waals surface area contributed by atoms with Crippen LogP contribution in [-0.2, 0) is 17.4 Å². The molecule has 0 saturated carbocycles. The Kier molecular flexibility index (Phi) is 7.35. The third-order valence-electron chi connectivity index (χ3n) is 4.44. The lowest BCUT2D eigenvalue weighted by atomic mass is 10.2.